The van der Waals surface area contributed by atoms with Crippen LogP contribution in [0.25, 0.3) is 0 Å². The van der Waals surface area contributed by atoms with Gasteiger partial charge in [-0.3, -0.25) is 0 Å². The highest BCUT2D eigenvalue weighted by Gasteiger charge is 2.48. The van der Waals surface area contributed by atoms with Gasteiger partial charge >= 0.3 is 15.6 Å². The van der Waals surface area contributed by atoms with Crippen LogP contribution in [0.15, 0.2) is 18.2 Å². The first-order chi connectivity index (χ1) is 10.8. The molecular formula is C13H18F3NO5S2. The van der Waals surface area contributed by atoms with Gasteiger partial charge < -0.3 is 13.5 Å². The molecule has 0 fully saturated rings. The Balaban J connectivity index is 2.94. The normalized spacial score (nSPS) is 14.3. The molecule has 0 saturated heterocycles. The van der Waals surface area contributed by atoms with Crippen molar-refractivity contribution < 1.29 is 35.1 Å². The molecule has 0 bridgehead atoms. The summed E-state index contributed by atoms with van der Waals surface area (Å²) < 4.78 is 82.2. The Kier molecular flexibility index (Phi) is 6.42. The fraction of sp³-hybridized carbons (Fsp3) is 0.538. The van der Waals surface area contributed by atoms with Gasteiger partial charge in [-0.2, -0.15) is 21.6 Å². The lowest BCUT2D eigenvalue weighted by atomic mass is 10.2. The van der Waals surface area contributed by atoms with Crippen molar-refractivity contribution >= 4 is 21.5 Å². The topological polar surface area (TPSA) is 87.7 Å². The van der Waals surface area contributed by atoms with Crippen LogP contribution in [-0.2, 0) is 28.0 Å². The van der Waals surface area contributed by atoms with Crippen LogP contribution in [0.5, 0.6) is 11.5 Å². The van der Waals surface area contributed by atoms with Crippen molar-refractivity contribution in [3.8, 4) is 11.5 Å². The van der Waals surface area contributed by atoms with Crippen LogP contribution >= 0.6 is 0 Å². The Hall–Kier alpha value is -1.17. The summed E-state index contributed by atoms with van der Waals surface area (Å²) in [5.74, 6) is -0.437. The van der Waals surface area contributed by atoms with E-state index in [2.05, 4.69) is 8.91 Å². The van der Waals surface area contributed by atoms with Gasteiger partial charge in [-0.25, -0.2) is 0 Å². The van der Waals surface area contributed by atoms with E-state index in [-0.39, 0.29) is 12.3 Å². The molecule has 0 aromatic heterocycles. The van der Waals surface area contributed by atoms with Gasteiger partial charge in [-0.1, -0.05) is 6.07 Å². The molecule has 0 aliphatic carbocycles. The largest absolute Gasteiger partial charge is 0.598 e. The van der Waals surface area contributed by atoms with E-state index in [4.69, 9.17) is 4.74 Å². The van der Waals surface area contributed by atoms with Gasteiger partial charge in [0.25, 0.3) is 0 Å². The summed E-state index contributed by atoms with van der Waals surface area (Å²) in [5.41, 5.74) is -5.05. The molecule has 0 radical (unpaired) electrons. The maximum absolute atomic E-state index is 12.3. The van der Waals surface area contributed by atoms with Crippen LogP contribution in [0.4, 0.5) is 13.2 Å². The molecule has 0 spiro atoms. The van der Waals surface area contributed by atoms with E-state index >= 15 is 0 Å². The van der Waals surface area contributed by atoms with E-state index in [1.165, 1.54) is 13.2 Å². The third-order valence-corrected chi connectivity index (χ3v) is 5.20. The first-order valence-electron chi connectivity index (χ1n) is 6.61. The Morgan fingerprint density at radius 3 is 2.29 bits per heavy atom. The molecule has 1 unspecified atom stereocenters. The molecule has 0 amide bonds. The molecule has 0 saturated carbocycles. The third kappa shape index (κ3) is 5.43. The minimum absolute atomic E-state index is 0.100. The molecule has 0 heterocycles. The Bertz CT molecular complexity index is 671. The summed E-state index contributed by atoms with van der Waals surface area (Å²) >= 11 is -1.36. The summed E-state index contributed by atoms with van der Waals surface area (Å²) in [6.07, 6.45) is 0. The minimum atomic E-state index is -5.75. The van der Waals surface area contributed by atoms with E-state index in [1.54, 1.807) is 20.8 Å². The zero-order valence-electron chi connectivity index (χ0n) is 13.4. The molecule has 0 aliphatic heterocycles. The van der Waals surface area contributed by atoms with Gasteiger partial charge in [-0.15, -0.1) is 4.72 Å². The van der Waals surface area contributed by atoms with E-state index in [9.17, 15) is 26.1 Å². The van der Waals surface area contributed by atoms with Gasteiger partial charge in [0.15, 0.2) is 0 Å². The SMILES string of the molecule is COc1cc(OS(=O)(=O)C(F)(F)F)ccc1CN[S+]([O-])C(C)(C)C. The van der Waals surface area contributed by atoms with Crippen LogP contribution in [0, 0.1) is 0 Å². The fourth-order valence-electron chi connectivity index (χ4n) is 1.46. The maximum atomic E-state index is 12.3. The molecule has 138 valence electrons. The van der Waals surface area contributed by atoms with Crippen LogP contribution < -0.4 is 13.6 Å². The molecule has 0 aliphatic rings. The van der Waals surface area contributed by atoms with E-state index in [0.29, 0.717) is 5.56 Å². The molecule has 1 aromatic carbocycles. The Morgan fingerprint density at radius 1 is 1.25 bits per heavy atom. The van der Waals surface area contributed by atoms with Gasteiger partial charge in [0.2, 0.25) is 0 Å². The molecule has 1 aromatic rings. The second-order valence-corrected chi connectivity index (χ2v) is 9.25. The lowest BCUT2D eigenvalue weighted by Gasteiger charge is -2.24. The molecule has 6 nitrogen and oxygen atoms in total. The van der Waals surface area contributed by atoms with E-state index in [0.717, 1.165) is 12.1 Å². The summed E-state index contributed by atoms with van der Waals surface area (Å²) in [7, 11) is -4.49. The third-order valence-electron chi connectivity index (χ3n) is 2.70. The predicted molar refractivity (Wildman–Crippen MR) is 83.3 cm³/mol. The highest BCUT2D eigenvalue weighted by atomic mass is 32.2. The summed E-state index contributed by atoms with van der Waals surface area (Å²) in [4.78, 5) is 0. The number of ether oxygens (including phenoxy) is 1. The van der Waals surface area contributed by atoms with Crippen molar-refractivity contribution in [1.29, 1.82) is 0 Å². The molecule has 1 N–H and O–H groups in total. The molecule has 11 heteroatoms. The van der Waals surface area contributed by atoms with Crippen molar-refractivity contribution in [3.05, 3.63) is 23.8 Å². The zero-order chi connectivity index (χ0) is 18.8. The number of alkyl halides is 3. The van der Waals surface area contributed by atoms with Crippen molar-refractivity contribution in [2.75, 3.05) is 7.11 Å². The van der Waals surface area contributed by atoms with Crippen molar-refractivity contribution in [1.82, 2.24) is 4.72 Å². The second kappa shape index (κ2) is 7.38. The number of benzene rings is 1. The van der Waals surface area contributed by atoms with E-state index < -0.39 is 37.5 Å². The average Bonchev–Trinajstić information content (AvgIpc) is 2.42. The lowest BCUT2D eigenvalue weighted by molar-refractivity contribution is -0.0500. The van der Waals surface area contributed by atoms with Crippen molar-refractivity contribution in [2.45, 2.75) is 37.6 Å². The predicted octanol–water partition coefficient (Wildman–Crippen LogP) is 2.48. The Morgan fingerprint density at radius 2 is 1.83 bits per heavy atom. The van der Waals surface area contributed by atoms with Gasteiger partial charge in [0.1, 0.15) is 16.2 Å². The monoisotopic (exact) mass is 389 g/mol. The maximum Gasteiger partial charge on any atom is 0.534 e. The molecule has 24 heavy (non-hydrogen) atoms. The van der Waals surface area contributed by atoms with Crippen LogP contribution in [-0.4, -0.2) is 30.3 Å². The second-order valence-electron chi connectivity index (χ2n) is 5.66. The highest BCUT2D eigenvalue weighted by Crippen LogP contribution is 2.30. The zero-order valence-corrected chi connectivity index (χ0v) is 15.1. The first kappa shape index (κ1) is 20.9. The minimum Gasteiger partial charge on any atom is -0.598 e. The van der Waals surface area contributed by atoms with Gasteiger partial charge in [-0.05, 0) is 26.8 Å². The summed E-state index contributed by atoms with van der Waals surface area (Å²) in [5, 5.41) is 0. The van der Waals surface area contributed by atoms with Crippen LogP contribution in [0.3, 0.4) is 0 Å². The lowest BCUT2D eigenvalue weighted by Crippen LogP contribution is -2.39. The fourth-order valence-corrected chi connectivity index (χ4v) is 2.63. The number of hydrogen-bond acceptors (Lipinski definition) is 6. The van der Waals surface area contributed by atoms with E-state index in [1.807, 2.05) is 0 Å². The number of rotatable bonds is 6. The summed E-state index contributed by atoms with van der Waals surface area (Å²) in [6.45, 7) is 5.42. The number of halogens is 3. The smallest absolute Gasteiger partial charge is 0.534 e. The standard InChI is InChI=1S/C13H18F3NO5S2/c1-12(2,3)23(18)17-8-9-5-6-10(7-11(9)21-4)22-24(19,20)13(14,15)16/h5-7,17H,8H2,1-4H3. The number of hydrogen-bond donors (Lipinski definition) is 1. The van der Waals surface area contributed by atoms with Gasteiger partial charge in [0, 0.05) is 23.0 Å². The number of methoxy groups -OCH3 is 1. The highest BCUT2D eigenvalue weighted by molar-refractivity contribution is 7.90. The number of nitrogens with one attached hydrogen (secondary N) is 1. The molecule has 1 rings (SSSR count). The van der Waals surface area contributed by atoms with Gasteiger partial charge in [0.05, 0.1) is 13.7 Å². The summed E-state index contributed by atoms with van der Waals surface area (Å²) in [6, 6.07) is 3.40. The molecule has 1 atom stereocenters. The molecular weight excluding hydrogens is 371 g/mol. The van der Waals surface area contributed by atoms with Crippen LogP contribution in [0.2, 0.25) is 0 Å². The quantitative estimate of drug-likeness (QED) is 0.457. The van der Waals surface area contributed by atoms with Crippen LogP contribution in [0.1, 0.15) is 26.3 Å². The average molecular weight is 389 g/mol. The Labute approximate surface area is 141 Å². The van der Waals surface area contributed by atoms with Crippen molar-refractivity contribution in [2.24, 2.45) is 0 Å². The first-order valence-corrected chi connectivity index (χ1v) is 9.17. The van der Waals surface area contributed by atoms with Crippen molar-refractivity contribution in [3.63, 3.8) is 0 Å².